The molecule has 1 N–H and O–H groups in total. The van der Waals surface area contributed by atoms with Crippen LogP contribution in [0.15, 0.2) is 45.5 Å². The van der Waals surface area contributed by atoms with Crippen molar-refractivity contribution in [3.8, 4) is 0 Å². The molecule has 0 fully saturated rings. The highest BCUT2D eigenvalue weighted by Crippen LogP contribution is 2.26. The molecule has 0 aliphatic carbocycles. The van der Waals surface area contributed by atoms with Crippen LogP contribution in [0.2, 0.25) is 0 Å². The van der Waals surface area contributed by atoms with E-state index < -0.39 is 0 Å². The zero-order chi connectivity index (χ0) is 13.0. The standard InChI is InChI=1S/C14H15BrFNO/c1-2-9-17-14(12-7-8-13(15)18-12)10-3-5-11(16)6-4-10/h3-8,14,17H,2,9H2,1H3. The Morgan fingerprint density at radius 1 is 1.22 bits per heavy atom. The van der Waals surface area contributed by atoms with Crippen LogP contribution >= 0.6 is 15.9 Å². The van der Waals surface area contributed by atoms with Gasteiger partial charge in [0.1, 0.15) is 11.6 Å². The van der Waals surface area contributed by atoms with Crippen molar-refractivity contribution in [2.24, 2.45) is 0 Å². The van der Waals surface area contributed by atoms with Gasteiger partial charge in [0.25, 0.3) is 0 Å². The van der Waals surface area contributed by atoms with Gasteiger partial charge in [0.2, 0.25) is 0 Å². The van der Waals surface area contributed by atoms with Crippen LogP contribution in [0.5, 0.6) is 0 Å². The summed E-state index contributed by atoms with van der Waals surface area (Å²) in [4.78, 5) is 0. The minimum atomic E-state index is -0.228. The maximum Gasteiger partial charge on any atom is 0.169 e. The normalized spacial score (nSPS) is 12.6. The van der Waals surface area contributed by atoms with E-state index in [4.69, 9.17) is 4.42 Å². The van der Waals surface area contributed by atoms with E-state index in [2.05, 4.69) is 28.2 Å². The minimum absolute atomic E-state index is 0.0446. The van der Waals surface area contributed by atoms with Crippen molar-refractivity contribution in [1.29, 1.82) is 0 Å². The molecule has 1 unspecified atom stereocenters. The van der Waals surface area contributed by atoms with E-state index in [0.29, 0.717) is 4.67 Å². The lowest BCUT2D eigenvalue weighted by molar-refractivity contribution is 0.432. The molecule has 1 atom stereocenters. The molecule has 2 aromatic rings. The maximum absolute atomic E-state index is 13.0. The Labute approximate surface area is 114 Å². The molecule has 0 amide bonds. The summed E-state index contributed by atoms with van der Waals surface area (Å²) in [6.07, 6.45) is 1.03. The smallest absolute Gasteiger partial charge is 0.169 e. The first kappa shape index (κ1) is 13.3. The second-order valence-corrected chi connectivity index (χ2v) is 4.86. The van der Waals surface area contributed by atoms with Gasteiger partial charge in [0, 0.05) is 0 Å². The predicted molar refractivity (Wildman–Crippen MR) is 72.9 cm³/mol. The van der Waals surface area contributed by atoms with E-state index in [0.717, 1.165) is 24.3 Å². The van der Waals surface area contributed by atoms with Crippen molar-refractivity contribution in [2.75, 3.05) is 6.54 Å². The number of halogens is 2. The van der Waals surface area contributed by atoms with Gasteiger partial charge in [-0.3, -0.25) is 0 Å². The fraction of sp³-hybridized carbons (Fsp3) is 0.286. The van der Waals surface area contributed by atoms with Gasteiger partial charge in [-0.15, -0.1) is 0 Å². The summed E-state index contributed by atoms with van der Waals surface area (Å²) in [6, 6.07) is 10.2. The fourth-order valence-electron chi connectivity index (χ4n) is 1.81. The monoisotopic (exact) mass is 311 g/mol. The fourth-order valence-corrected chi connectivity index (χ4v) is 2.13. The first-order chi connectivity index (χ1) is 8.70. The van der Waals surface area contributed by atoms with Crippen molar-refractivity contribution >= 4 is 15.9 Å². The van der Waals surface area contributed by atoms with Gasteiger partial charge in [-0.05, 0) is 58.7 Å². The summed E-state index contributed by atoms with van der Waals surface area (Å²) < 4.78 is 19.2. The molecule has 0 saturated carbocycles. The molecule has 0 saturated heterocycles. The lowest BCUT2D eigenvalue weighted by atomic mass is 10.0. The summed E-state index contributed by atoms with van der Waals surface area (Å²) >= 11 is 3.30. The molecule has 0 radical (unpaired) electrons. The largest absolute Gasteiger partial charge is 0.452 e. The van der Waals surface area contributed by atoms with E-state index in [1.807, 2.05) is 12.1 Å². The maximum atomic E-state index is 13.0. The summed E-state index contributed by atoms with van der Waals surface area (Å²) in [5.41, 5.74) is 0.992. The van der Waals surface area contributed by atoms with E-state index >= 15 is 0 Å². The molecular weight excluding hydrogens is 297 g/mol. The molecule has 96 valence electrons. The molecule has 1 heterocycles. The molecule has 2 rings (SSSR count). The van der Waals surface area contributed by atoms with Gasteiger partial charge in [0.15, 0.2) is 4.67 Å². The quantitative estimate of drug-likeness (QED) is 0.892. The third kappa shape index (κ3) is 3.21. The number of furan rings is 1. The van der Waals surface area contributed by atoms with Crippen LogP contribution in [0.25, 0.3) is 0 Å². The first-order valence-corrected chi connectivity index (χ1v) is 6.74. The van der Waals surface area contributed by atoms with Crippen molar-refractivity contribution < 1.29 is 8.81 Å². The predicted octanol–water partition coefficient (Wildman–Crippen LogP) is 4.27. The Morgan fingerprint density at radius 3 is 2.50 bits per heavy atom. The third-order valence-electron chi connectivity index (χ3n) is 2.68. The van der Waals surface area contributed by atoms with Crippen LogP contribution < -0.4 is 5.32 Å². The second-order valence-electron chi connectivity index (χ2n) is 4.08. The van der Waals surface area contributed by atoms with E-state index in [9.17, 15) is 4.39 Å². The van der Waals surface area contributed by atoms with Crippen molar-refractivity contribution in [3.63, 3.8) is 0 Å². The first-order valence-electron chi connectivity index (χ1n) is 5.94. The van der Waals surface area contributed by atoms with Gasteiger partial charge < -0.3 is 9.73 Å². The molecule has 0 bridgehead atoms. The Balaban J connectivity index is 2.27. The molecule has 1 aromatic carbocycles. The zero-order valence-corrected chi connectivity index (χ0v) is 11.7. The zero-order valence-electron chi connectivity index (χ0n) is 10.1. The SMILES string of the molecule is CCCNC(c1ccc(F)cc1)c1ccc(Br)o1. The molecule has 0 aliphatic heterocycles. The van der Waals surface area contributed by atoms with Crippen molar-refractivity contribution in [1.82, 2.24) is 5.32 Å². The Hall–Kier alpha value is -1.13. The molecule has 18 heavy (non-hydrogen) atoms. The van der Waals surface area contributed by atoms with Crippen LogP contribution in [0.1, 0.15) is 30.7 Å². The van der Waals surface area contributed by atoms with E-state index in [1.165, 1.54) is 12.1 Å². The lowest BCUT2D eigenvalue weighted by Crippen LogP contribution is -2.22. The number of hydrogen-bond donors (Lipinski definition) is 1. The number of benzene rings is 1. The summed E-state index contributed by atoms with van der Waals surface area (Å²) in [5.74, 6) is 0.593. The lowest BCUT2D eigenvalue weighted by Gasteiger charge is -2.16. The van der Waals surface area contributed by atoms with Crippen molar-refractivity contribution in [3.05, 3.63) is 58.2 Å². The highest BCUT2D eigenvalue weighted by atomic mass is 79.9. The molecule has 4 heteroatoms. The summed E-state index contributed by atoms with van der Waals surface area (Å²) in [5, 5.41) is 3.40. The summed E-state index contributed by atoms with van der Waals surface area (Å²) in [7, 11) is 0. The highest BCUT2D eigenvalue weighted by Gasteiger charge is 2.16. The van der Waals surface area contributed by atoms with Gasteiger partial charge in [-0.25, -0.2) is 4.39 Å². The van der Waals surface area contributed by atoms with Crippen LogP contribution in [-0.4, -0.2) is 6.54 Å². The number of rotatable bonds is 5. The van der Waals surface area contributed by atoms with E-state index in [1.54, 1.807) is 12.1 Å². The molecule has 0 aliphatic rings. The Bertz CT molecular complexity index is 495. The number of nitrogens with one attached hydrogen (secondary N) is 1. The van der Waals surface area contributed by atoms with Gasteiger partial charge in [-0.1, -0.05) is 19.1 Å². The molecule has 0 spiro atoms. The number of hydrogen-bond acceptors (Lipinski definition) is 2. The van der Waals surface area contributed by atoms with Gasteiger partial charge in [-0.2, -0.15) is 0 Å². The second kappa shape index (κ2) is 6.16. The van der Waals surface area contributed by atoms with Crippen LogP contribution in [0, 0.1) is 5.82 Å². The van der Waals surface area contributed by atoms with Crippen LogP contribution in [-0.2, 0) is 0 Å². The van der Waals surface area contributed by atoms with Crippen molar-refractivity contribution in [2.45, 2.75) is 19.4 Å². The van der Waals surface area contributed by atoms with Gasteiger partial charge >= 0.3 is 0 Å². The van der Waals surface area contributed by atoms with E-state index in [-0.39, 0.29) is 11.9 Å². The average Bonchev–Trinajstić information content (AvgIpc) is 2.78. The van der Waals surface area contributed by atoms with Crippen LogP contribution in [0.4, 0.5) is 4.39 Å². The third-order valence-corrected chi connectivity index (χ3v) is 3.11. The molecule has 2 nitrogen and oxygen atoms in total. The average molecular weight is 312 g/mol. The minimum Gasteiger partial charge on any atom is -0.452 e. The Kier molecular flexibility index (Phi) is 4.55. The van der Waals surface area contributed by atoms with Crippen LogP contribution in [0.3, 0.4) is 0 Å². The molecular formula is C14H15BrFNO. The molecule has 1 aromatic heterocycles. The summed E-state index contributed by atoms with van der Waals surface area (Å²) in [6.45, 7) is 2.98. The topological polar surface area (TPSA) is 25.2 Å². The van der Waals surface area contributed by atoms with Gasteiger partial charge in [0.05, 0.1) is 6.04 Å². The Morgan fingerprint density at radius 2 is 1.94 bits per heavy atom. The highest BCUT2D eigenvalue weighted by molar-refractivity contribution is 9.10.